The lowest BCUT2D eigenvalue weighted by Gasteiger charge is -2.22. The van der Waals surface area contributed by atoms with Gasteiger partial charge in [0.25, 0.3) is 5.56 Å². The molecule has 0 radical (unpaired) electrons. The van der Waals surface area contributed by atoms with E-state index in [0.717, 1.165) is 4.68 Å². The largest absolute Gasteiger partial charge is 0.352 e. The van der Waals surface area contributed by atoms with Gasteiger partial charge in [0.1, 0.15) is 12.4 Å². The van der Waals surface area contributed by atoms with E-state index in [1.165, 1.54) is 39.1 Å². The van der Waals surface area contributed by atoms with Gasteiger partial charge in [0, 0.05) is 28.2 Å². The zero-order valence-corrected chi connectivity index (χ0v) is 14.5. The van der Waals surface area contributed by atoms with Gasteiger partial charge in [-0.1, -0.05) is 0 Å². The summed E-state index contributed by atoms with van der Waals surface area (Å²) in [4.78, 5) is 58.0. The lowest BCUT2D eigenvalue weighted by atomic mass is 10.4. The molecule has 0 atom stereocenters. The molecule has 0 saturated carbocycles. The predicted octanol–water partition coefficient (Wildman–Crippen LogP) is -2.50. The molecule has 0 saturated heterocycles. The fraction of sp³-hybridized carbons (Fsp3) is 0.357. The minimum atomic E-state index is -0.638. The van der Waals surface area contributed by atoms with Crippen molar-refractivity contribution in [2.24, 2.45) is 21.1 Å². The number of rotatable bonds is 1. The van der Waals surface area contributed by atoms with Gasteiger partial charge >= 0.3 is 16.9 Å². The van der Waals surface area contributed by atoms with Crippen LogP contribution in [-0.2, 0) is 21.1 Å². The van der Waals surface area contributed by atoms with E-state index in [9.17, 15) is 19.2 Å². The Bertz CT molecular complexity index is 1300. The van der Waals surface area contributed by atoms with Crippen LogP contribution in [0.5, 0.6) is 0 Å². The standard InChI is InChI=1S/C14H16N8O4/c1-17-5-15-9-7(17)12(24)22(14(26)19(9)3)21-6-18(2)8-10(23)16-13(25)20(4)11(8)21/h5H,6H2,1-4H3,(H,16,23,25). The highest BCUT2D eigenvalue weighted by Gasteiger charge is 2.33. The van der Waals surface area contributed by atoms with E-state index in [0.29, 0.717) is 0 Å². The summed E-state index contributed by atoms with van der Waals surface area (Å²) in [5, 5.41) is 1.32. The number of aryl methyl sites for hydroxylation is 2. The van der Waals surface area contributed by atoms with Gasteiger partial charge in [-0.05, 0) is 0 Å². The minimum Gasteiger partial charge on any atom is -0.348 e. The molecular weight excluding hydrogens is 344 g/mol. The number of nitrogens with one attached hydrogen (secondary N) is 1. The Morgan fingerprint density at radius 2 is 1.73 bits per heavy atom. The van der Waals surface area contributed by atoms with Gasteiger partial charge in [-0.25, -0.2) is 19.6 Å². The Morgan fingerprint density at radius 3 is 2.42 bits per heavy atom. The van der Waals surface area contributed by atoms with Gasteiger partial charge in [-0.15, -0.1) is 0 Å². The van der Waals surface area contributed by atoms with Gasteiger partial charge in [0.2, 0.25) is 0 Å². The van der Waals surface area contributed by atoms with Crippen LogP contribution in [0, 0.1) is 0 Å². The van der Waals surface area contributed by atoms with E-state index >= 15 is 0 Å². The summed E-state index contributed by atoms with van der Waals surface area (Å²) in [6, 6.07) is 0. The second-order valence-electron chi connectivity index (χ2n) is 6.22. The van der Waals surface area contributed by atoms with Crippen LogP contribution in [0.2, 0.25) is 0 Å². The molecular formula is C14H16N8O4. The molecule has 0 unspecified atom stereocenters. The number of H-pyrrole nitrogens is 1. The zero-order chi connectivity index (χ0) is 18.9. The third-order valence-corrected chi connectivity index (χ3v) is 4.58. The van der Waals surface area contributed by atoms with Crippen LogP contribution in [0.25, 0.3) is 11.2 Å². The zero-order valence-electron chi connectivity index (χ0n) is 14.5. The molecule has 4 rings (SSSR count). The smallest absolute Gasteiger partial charge is 0.348 e. The number of imidazole rings is 1. The summed E-state index contributed by atoms with van der Waals surface area (Å²) >= 11 is 0. The second kappa shape index (κ2) is 4.97. The normalized spacial score (nSPS) is 13.7. The van der Waals surface area contributed by atoms with Crippen molar-refractivity contribution in [2.45, 2.75) is 0 Å². The fourth-order valence-corrected chi connectivity index (χ4v) is 3.28. The third-order valence-electron chi connectivity index (χ3n) is 4.58. The van der Waals surface area contributed by atoms with Crippen LogP contribution in [0.1, 0.15) is 0 Å². The summed E-state index contributed by atoms with van der Waals surface area (Å²) in [6.45, 7) is 0.0498. The van der Waals surface area contributed by atoms with Crippen molar-refractivity contribution >= 4 is 22.7 Å². The van der Waals surface area contributed by atoms with Crippen molar-refractivity contribution < 1.29 is 0 Å². The molecule has 3 aromatic heterocycles. The molecule has 26 heavy (non-hydrogen) atoms. The number of anilines is 2. The first-order chi connectivity index (χ1) is 12.2. The molecule has 0 bridgehead atoms. The summed E-state index contributed by atoms with van der Waals surface area (Å²) in [5.41, 5.74) is -1.75. The SMILES string of the molecule is CN1CN(n2c(=O)c3c(ncn3C)n(C)c2=O)c2c1c(=O)[nH]c(=O)n2C. The highest BCUT2D eigenvalue weighted by Crippen LogP contribution is 2.29. The first-order valence-corrected chi connectivity index (χ1v) is 7.69. The summed E-state index contributed by atoms with van der Waals surface area (Å²) in [6.07, 6.45) is 1.44. The lowest BCUT2D eigenvalue weighted by Crippen LogP contribution is -2.51. The van der Waals surface area contributed by atoms with Crippen LogP contribution in [0.4, 0.5) is 11.5 Å². The van der Waals surface area contributed by atoms with E-state index in [1.54, 1.807) is 19.0 Å². The predicted molar refractivity (Wildman–Crippen MR) is 93.7 cm³/mol. The number of aromatic amines is 1. The quantitative estimate of drug-likeness (QED) is 0.509. The van der Waals surface area contributed by atoms with Crippen molar-refractivity contribution in [1.29, 1.82) is 0 Å². The van der Waals surface area contributed by atoms with Crippen molar-refractivity contribution in [2.75, 3.05) is 23.6 Å². The molecule has 12 heteroatoms. The third kappa shape index (κ3) is 1.80. The Kier molecular flexibility index (Phi) is 3.04. The number of nitrogens with zero attached hydrogens (tertiary/aromatic N) is 7. The van der Waals surface area contributed by atoms with E-state index in [2.05, 4.69) is 9.97 Å². The Labute approximate surface area is 144 Å². The fourth-order valence-electron chi connectivity index (χ4n) is 3.28. The van der Waals surface area contributed by atoms with Gasteiger partial charge in [0.15, 0.2) is 17.0 Å². The van der Waals surface area contributed by atoms with Crippen molar-refractivity contribution in [3.63, 3.8) is 0 Å². The van der Waals surface area contributed by atoms with E-state index in [1.807, 2.05) is 0 Å². The highest BCUT2D eigenvalue weighted by atomic mass is 16.2. The van der Waals surface area contributed by atoms with E-state index in [-0.39, 0.29) is 29.3 Å². The van der Waals surface area contributed by atoms with Gasteiger partial charge in [0.05, 0.1) is 6.33 Å². The molecule has 0 aromatic carbocycles. The summed E-state index contributed by atoms with van der Waals surface area (Å²) < 4.78 is 4.88. The highest BCUT2D eigenvalue weighted by molar-refractivity contribution is 5.73. The molecule has 3 aromatic rings. The van der Waals surface area contributed by atoms with Crippen LogP contribution < -0.4 is 32.4 Å². The number of aromatic nitrogens is 6. The Hall–Kier alpha value is -3.57. The van der Waals surface area contributed by atoms with Crippen LogP contribution >= 0.6 is 0 Å². The summed E-state index contributed by atoms with van der Waals surface area (Å²) in [5.74, 6) is 0.168. The molecule has 0 amide bonds. The first-order valence-electron chi connectivity index (χ1n) is 7.69. The van der Waals surface area contributed by atoms with Crippen molar-refractivity contribution in [3.8, 4) is 0 Å². The van der Waals surface area contributed by atoms with Gasteiger partial charge < -0.3 is 9.47 Å². The lowest BCUT2D eigenvalue weighted by molar-refractivity contribution is 0.597. The first kappa shape index (κ1) is 15.9. The van der Waals surface area contributed by atoms with E-state index in [4.69, 9.17) is 0 Å². The average molecular weight is 360 g/mol. The van der Waals surface area contributed by atoms with Gasteiger partial charge in [-0.3, -0.25) is 23.7 Å². The average Bonchev–Trinajstić information content (AvgIpc) is 3.12. The molecule has 1 aliphatic rings. The molecule has 0 spiro atoms. The van der Waals surface area contributed by atoms with Crippen molar-refractivity contribution in [1.82, 2.24) is 28.3 Å². The van der Waals surface area contributed by atoms with Crippen LogP contribution in [0.15, 0.2) is 25.5 Å². The maximum Gasteiger partial charge on any atom is 0.352 e. The van der Waals surface area contributed by atoms with E-state index < -0.39 is 22.5 Å². The number of hydrogen-bond acceptors (Lipinski definition) is 7. The number of fused-ring (bicyclic) bond motifs is 2. The van der Waals surface area contributed by atoms with Crippen LogP contribution in [-0.4, -0.2) is 42.1 Å². The molecule has 12 nitrogen and oxygen atoms in total. The molecule has 1 N–H and O–H groups in total. The number of hydrogen-bond donors (Lipinski definition) is 1. The van der Waals surface area contributed by atoms with Crippen LogP contribution in [0.3, 0.4) is 0 Å². The maximum atomic E-state index is 13.0. The second-order valence-corrected chi connectivity index (χ2v) is 6.22. The molecule has 4 heterocycles. The monoisotopic (exact) mass is 360 g/mol. The molecule has 0 fully saturated rings. The summed E-state index contributed by atoms with van der Waals surface area (Å²) in [7, 11) is 6.25. The minimum absolute atomic E-state index is 0.0498. The van der Waals surface area contributed by atoms with Crippen molar-refractivity contribution in [3.05, 3.63) is 48.0 Å². The maximum absolute atomic E-state index is 13.0. The van der Waals surface area contributed by atoms with Gasteiger partial charge in [-0.2, -0.15) is 4.68 Å². The Balaban J connectivity index is 2.14. The molecule has 1 aliphatic heterocycles. The topological polar surface area (TPSA) is 123 Å². The Morgan fingerprint density at radius 1 is 1.04 bits per heavy atom. The molecule has 136 valence electrons. The molecule has 0 aliphatic carbocycles.